The van der Waals surface area contributed by atoms with Crippen LogP contribution in [0.15, 0.2) is 75.5 Å². The molecular weight excluding hydrogens is 458 g/mol. The van der Waals surface area contributed by atoms with E-state index in [2.05, 4.69) is 21.2 Å². The minimum absolute atomic E-state index is 0.0755. The largest absolute Gasteiger partial charge is 0.496 e. The third-order valence-corrected chi connectivity index (χ3v) is 6.34. The number of halogens is 1. The van der Waals surface area contributed by atoms with E-state index in [4.69, 9.17) is 9.47 Å². The van der Waals surface area contributed by atoms with Crippen LogP contribution < -0.4 is 10.1 Å². The first-order chi connectivity index (χ1) is 15.0. The number of benzene rings is 2. The number of carbonyl (C=O) groups is 2. The molecule has 31 heavy (non-hydrogen) atoms. The van der Waals surface area contributed by atoms with Crippen molar-refractivity contribution in [1.29, 1.82) is 0 Å². The lowest BCUT2D eigenvalue weighted by Crippen LogP contribution is -2.34. The molecule has 0 bridgehead atoms. The molecule has 1 atom stereocenters. The molecule has 160 valence electrons. The topological polar surface area (TPSA) is 64.6 Å². The molecule has 1 unspecified atom stereocenters. The summed E-state index contributed by atoms with van der Waals surface area (Å²) >= 11 is 3.54. The van der Waals surface area contributed by atoms with Crippen molar-refractivity contribution in [2.24, 2.45) is 0 Å². The van der Waals surface area contributed by atoms with Gasteiger partial charge in [0.15, 0.2) is 5.78 Å². The fourth-order valence-corrected chi connectivity index (χ4v) is 4.81. The van der Waals surface area contributed by atoms with Gasteiger partial charge in [0.25, 0.3) is 0 Å². The van der Waals surface area contributed by atoms with Crippen molar-refractivity contribution in [1.82, 2.24) is 5.32 Å². The van der Waals surface area contributed by atoms with Gasteiger partial charge in [0.05, 0.1) is 17.2 Å². The number of ketones is 1. The van der Waals surface area contributed by atoms with Crippen molar-refractivity contribution in [2.75, 3.05) is 7.11 Å². The SMILES string of the molecule is COc1ccc(C2C(C(=O)OCc3ccccc3)=C(C)NC3=C2C(=O)CCC3)cc1Br. The number of Topliss-reactive ketones (excluding diaryl/α,β-unsaturated/α-hetero) is 1. The van der Waals surface area contributed by atoms with Gasteiger partial charge in [-0.15, -0.1) is 0 Å². The van der Waals surface area contributed by atoms with Gasteiger partial charge in [-0.05, 0) is 59.0 Å². The zero-order valence-corrected chi connectivity index (χ0v) is 19.1. The summed E-state index contributed by atoms with van der Waals surface area (Å²) in [6.07, 6.45) is 2.09. The number of nitrogens with one attached hydrogen (secondary N) is 1. The number of methoxy groups -OCH3 is 1. The number of carbonyl (C=O) groups excluding carboxylic acids is 2. The molecule has 1 N–H and O–H groups in total. The minimum Gasteiger partial charge on any atom is -0.496 e. The Morgan fingerprint density at radius 3 is 2.65 bits per heavy atom. The Kier molecular flexibility index (Phi) is 6.28. The molecule has 2 aliphatic rings. The molecule has 1 aliphatic carbocycles. The van der Waals surface area contributed by atoms with Crippen molar-refractivity contribution in [2.45, 2.75) is 38.7 Å². The van der Waals surface area contributed by atoms with E-state index in [1.165, 1.54) is 0 Å². The highest BCUT2D eigenvalue weighted by molar-refractivity contribution is 9.10. The van der Waals surface area contributed by atoms with Crippen LogP contribution in [-0.4, -0.2) is 18.9 Å². The van der Waals surface area contributed by atoms with E-state index in [0.717, 1.165) is 39.8 Å². The van der Waals surface area contributed by atoms with Gasteiger partial charge in [0.2, 0.25) is 0 Å². The lowest BCUT2D eigenvalue weighted by Gasteiger charge is -2.34. The predicted octanol–water partition coefficient (Wildman–Crippen LogP) is 5.17. The Morgan fingerprint density at radius 1 is 1.16 bits per heavy atom. The third-order valence-electron chi connectivity index (χ3n) is 5.72. The van der Waals surface area contributed by atoms with Crippen molar-refractivity contribution < 1.29 is 19.1 Å². The fraction of sp³-hybridized carbons (Fsp3) is 0.280. The van der Waals surface area contributed by atoms with Gasteiger partial charge in [-0.3, -0.25) is 4.79 Å². The monoisotopic (exact) mass is 481 g/mol. The van der Waals surface area contributed by atoms with Crippen LogP contribution in [0.2, 0.25) is 0 Å². The summed E-state index contributed by atoms with van der Waals surface area (Å²) in [5.74, 6) is -0.132. The average molecular weight is 482 g/mol. The van der Waals surface area contributed by atoms with E-state index < -0.39 is 11.9 Å². The highest BCUT2D eigenvalue weighted by atomic mass is 79.9. The Morgan fingerprint density at radius 2 is 1.94 bits per heavy atom. The van der Waals surface area contributed by atoms with Crippen LogP contribution in [0.1, 0.15) is 43.2 Å². The van der Waals surface area contributed by atoms with Crippen molar-refractivity contribution >= 4 is 27.7 Å². The molecule has 5 nitrogen and oxygen atoms in total. The quantitative estimate of drug-likeness (QED) is 0.596. The van der Waals surface area contributed by atoms with Gasteiger partial charge in [-0.25, -0.2) is 4.79 Å². The molecule has 0 aromatic heterocycles. The summed E-state index contributed by atoms with van der Waals surface area (Å²) in [7, 11) is 1.60. The number of esters is 1. The van der Waals surface area contributed by atoms with Gasteiger partial charge < -0.3 is 14.8 Å². The molecule has 0 saturated heterocycles. The highest BCUT2D eigenvalue weighted by Gasteiger charge is 2.39. The molecule has 0 radical (unpaired) electrons. The Labute approximate surface area is 190 Å². The molecule has 1 aliphatic heterocycles. The molecule has 1 heterocycles. The van der Waals surface area contributed by atoms with Crippen LogP contribution in [0, 0.1) is 0 Å². The average Bonchev–Trinajstić information content (AvgIpc) is 2.77. The minimum atomic E-state index is -0.477. The Hall–Kier alpha value is -2.86. The normalized spacial score (nSPS) is 18.4. The molecule has 4 rings (SSSR count). The molecule has 0 spiro atoms. The smallest absolute Gasteiger partial charge is 0.337 e. The number of allylic oxidation sites excluding steroid dienone is 3. The summed E-state index contributed by atoms with van der Waals surface area (Å²) in [6, 6.07) is 15.2. The molecular formula is C25H24BrNO4. The van der Waals surface area contributed by atoms with Crippen molar-refractivity contribution in [3.63, 3.8) is 0 Å². The standard InChI is InChI=1S/C25H24BrNO4/c1-15-22(25(29)31-14-16-7-4-3-5-8-16)23(17-11-12-21(30-2)18(26)13-17)24-19(27-15)9-6-10-20(24)28/h3-5,7-8,11-13,23,27H,6,9-10,14H2,1-2H3. The summed E-state index contributed by atoms with van der Waals surface area (Å²) in [5.41, 5.74) is 4.54. The van der Waals surface area contributed by atoms with Crippen LogP contribution in [0.25, 0.3) is 0 Å². The predicted molar refractivity (Wildman–Crippen MR) is 121 cm³/mol. The number of hydrogen-bond acceptors (Lipinski definition) is 5. The van der Waals surface area contributed by atoms with Gasteiger partial charge in [0, 0.05) is 29.3 Å². The fourth-order valence-electron chi connectivity index (χ4n) is 4.25. The first-order valence-corrected chi connectivity index (χ1v) is 11.1. The summed E-state index contributed by atoms with van der Waals surface area (Å²) in [5, 5.41) is 3.32. The maximum atomic E-state index is 13.3. The Bertz CT molecular complexity index is 1090. The lowest BCUT2D eigenvalue weighted by atomic mass is 9.75. The van der Waals surface area contributed by atoms with E-state index in [1.807, 2.05) is 55.5 Å². The zero-order valence-electron chi connectivity index (χ0n) is 17.5. The lowest BCUT2D eigenvalue weighted by molar-refractivity contribution is -0.140. The second-order valence-corrected chi connectivity index (χ2v) is 8.58. The van der Waals surface area contributed by atoms with E-state index >= 15 is 0 Å². The molecule has 6 heteroatoms. The molecule has 2 aromatic rings. The molecule has 2 aromatic carbocycles. The maximum Gasteiger partial charge on any atom is 0.337 e. The second-order valence-electron chi connectivity index (χ2n) is 7.72. The third kappa shape index (κ3) is 4.30. The summed E-state index contributed by atoms with van der Waals surface area (Å²) in [4.78, 5) is 26.2. The number of dihydropyridines is 1. The van der Waals surface area contributed by atoms with Crippen LogP contribution in [-0.2, 0) is 20.9 Å². The first-order valence-electron chi connectivity index (χ1n) is 10.3. The van der Waals surface area contributed by atoms with Crippen LogP contribution >= 0.6 is 15.9 Å². The van der Waals surface area contributed by atoms with Crippen LogP contribution in [0.4, 0.5) is 0 Å². The van der Waals surface area contributed by atoms with E-state index in [-0.39, 0.29) is 12.4 Å². The van der Waals surface area contributed by atoms with Gasteiger partial charge in [-0.2, -0.15) is 0 Å². The molecule has 0 amide bonds. The second kappa shape index (κ2) is 9.10. The van der Waals surface area contributed by atoms with E-state index in [1.54, 1.807) is 7.11 Å². The molecule has 0 saturated carbocycles. The number of ether oxygens (including phenoxy) is 2. The van der Waals surface area contributed by atoms with Crippen LogP contribution in [0.5, 0.6) is 5.75 Å². The van der Waals surface area contributed by atoms with E-state index in [9.17, 15) is 9.59 Å². The number of hydrogen-bond donors (Lipinski definition) is 1. The maximum absolute atomic E-state index is 13.3. The van der Waals surface area contributed by atoms with Gasteiger partial charge >= 0.3 is 5.97 Å². The Balaban J connectivity index is 1.73. The van der Waals surface area contributed by atoms with Gasteiger partial charge in [0.1, 0.15) is 12.4 Å². The summed E-state index contributed by atoms with van der Waals surface area (Å²) in [6.45, 7) is 2.04. The molecule has 0 fully saturated rings. The van der Waals surface area contributed by atoms with Crippen molar-refractivity contribution in [3.8, 4) is 5.75 Å². The summed E-state index contributed by atoms with van der Waals surface area (Å²) < 4.78 is 11.8. The van der Waals surface area contributed by atoms with Gasteiger partial charge in [-0.1, -0.05) is 36.4 Å². The zero-order chi connectivity index (χ0) is 22.0. The van der Waals surface area contributed by atoms with Crippen molar-refractivity contribution in [3.05, 3.63) is 86.7 Å². The van der Waals surface area contributed by atoms with E-state index in [0.29, 0.717) is 23.3 Å². The highest BCUT2D eigenvalue weighted by Crippen LogP contribution is 2.44. The number of rotatable bonds is 5. The van der Waals surface area contributed by atoms with Crippen LogP contribution in [0.3, 0.4) is 0 Å². The first kappa shape index (κ1) is 21.4.